The number of phenolic OH excluding ortho intramolecular Hbond substituents is 6. The van der Waals surface area contributed by atoms with E-state index in [2.05, 4.69) is 12.1 Å². The van der Waals surface area contributed by atoms with Gasteiger partial charge in [-0.05, 0) is 158 Å². The lowest BCUT2D eigenvalue weighted by atomic mass is 9.91. The van der Waals surface area contributed by atoms with Crippen LogP contribution in [0.4, 0.5) is 0 Å². The molecule has 7 rings (SSSR count). The van der Waals surface area contributed by atoms with E-state index in [0.717, 1.165) is 89.0 Å². The summed E-state index contributed by atoms with van der Waals surface area (Å²) in [4.78, 5) is 0. The first-order valence-electron chi connectivity index (χ1n) is 21.5. The Labute approximate surface area is 371 Å². The van der Waals surface area contributed by atoms with Gasteiger partial charge in [-0.15, -0.1) is 0 Å². The number of ether oxygens (including phenoxy) is 1. The molecule has 0 spiro atoms. The van der Waals surface area contributed by atoms with Crippen molar-refractivity contribution in [2.24, 2.45) is 0 Å². The maximum absolute atomic E-state index is 11.7. The van der Waals surface area contributed by atoms with Crippen LogP contribution in [0, 0.1) is 62.3 Å². The molecule has 0 aliphatic heterocycles. The van der Waals surface area contributed by atoms with Gasteiger partial charge in [0.05, 0.1) is 0 Å². The van der Waals surface area contributed by atoms with Crippen LogP contribution in [0.5, 0.6) is 46.0 Å². The molecule has 0 saturated carbocycles. The predicted molar refractivity (Wildman–Crippen MR) is 252 cm³/mol. The Hall–Kier alpha value is -6.86. The molecular formula is C56H58O7. The Kier molecular flexibility index (Phi) is 12.5. The van der Waals surface area contributed by atoms with Crippen LogP contribution in [0.15, 0.2) is 91.0 Å². The van der Waals surface area contributed by atoms with Crippen molar-refractivity contribution in [3.63, 3.8) is 0 Å². The Morgan fingerprint density at radius 2 is 0.683 bits per heavy atom. The predicted octanol–water partition coefficient (Wildman–Crippen LogP) is 12.4. The standard InChI is InChI=1S/C56H58O7/c1-30-10-11-49(57)41(12-30)26-45-15-33(4)16-46(55(45)62)27-42-23-34(5)51(29-50(42)58)63-56-37(8)21-40(22-38(56)9)25-44-14-32(3)18-48(54(44)61)28-47-17-31(2)13-43(53(47)60)24-39-19-35(6)52(59)36(7)20-39/h10-23,29,57-62H,24-28H2,1-9H3. The maximum atomic E-state index is 11.7. The molecule has 0 saturated heterocycles. The van der Waals surface area contributed by atoms with E-state index in [1.807, 2.05) is 129 Å². The van der Waals surface area contributed by atoms with Crippen LogP contribution >= 0.6 is 0 Å². The van der Waals surface area contributed by atoms with Gasteiger partial charge in [0.15, 0.2) is 0 Å². The minimum absolute atomic E-state index is 0.0600. The number of hydrogen-bond donors (Lipinski definition) is 6. The van der Waals surface area contributed by atoms with Gasteiger partial charge in [0.2, 0.25) is 0 Å². The lowest BCUT2D eigenvalue weighted by molar-refractivity contribution is 0.444. The van der Waals surface area contributed by atoms with Gasteiger partial charge < -0.3 is 35.4 Å². The average molecular weight is 843 g/mol. The summed E-state index contributed by atoms with van der Waals surface area (Å²) in [6.07, 6.45) is 2.04. The molecule has 0 bridgehead atoms. The molecule has 0 unspecified atom stereocenters. The largest absolute Gasteiger partial charge is 0.508 e. The number of rotatable bonds is 12. The van der Waals surface area contributed by atoms with Crippen LogP contribution in [0.1, 0.15) is 106 Å². The number of hydrogen-bond acceptors (Lipinski definition) is 7. The number of phenols is 6. The summed E-state index contributed by atoms with van der Waals surface area (Å²) < 4.78 is 6.51. The van der Waals surface area contributed by atoms with Crippen molar-refractivity contribution in [1.82, 2.24) is 0 Å². The van der Waals surface area contributed by atoms with Crippen LogP contribution in [-0.4, -0.2) is 30.6 Å². The molecule has 0 heterocycles. The summed E-state index contributed by atoms with van der Waals surface area (Å²) in [5.41, 5.74) is 16.1. The van der Waals surface area contributed by atoms with E-state index in [-0.39, 0.29) is 34.5 Å². The Balaban J connectivity index is 1.08. The summed E-state index contributed by atoms with van der Waals surface area (Å²) in [7, 11) is 0. The van der Waals surface area contributed by atoms with E-state index in [1.54, 1.807) is 12.1 Å². The highest BCUT2D eigenvalue weighted by Crippen LogP contribution is 2.40. The van der Waals surface area contributed by atoms with Gasteiger partial charge >= 0.3 is 0 Å². The molecule has 7 heteroatoms. The van der Waals surface area contributed by atoms with Gasteiger partial charge in [-0.2, -0.15) is 0 Å². The highest BCUT2D eigenvalue weighted by molar-refractivity contribution is 5.57. The molecule has 0 radical (unpaired) electrons. The summed E-state index contributed by atoms with van der Waals surface area (Å²) in [5.74, 6) is 2.31. The van der Waals surface area contributed by atoms with Crippen molar-refractivity contribution in [3.8, 4) is 46.0 Å². The van der Waals surface area contributed by atoms with Gasteiger partial charge in [0, 0.05) is 38.2 Å². The zero-order chi connectivity index (χ0) is 45.4. The van der Waals surface area contributed by atoms with E-state index in [9.17, 15) is 30.6 Å². The number of aryl methyl sites for hydroxylation is 9. The molecule has 6 N–H and O–H groups in total. The van der Waals surface area contributed by atoms with Crippen LogP contribution in [-0.2, 0) is 32.1 Å². The zero-order valence-electron chi connectivity index (χ0n) is 37.8. The molecule has 0 amide bonds. The van der Waals surface area contributed by atoms with E-state index >= 15 is 0 Å². The fourth-order valence-electron chi connectivity index (χ4n) is 9.07. The van der Waals surface area contributed by atoms with Crippen LogP contribution < -0.4 is 4.74 Å². The van der Waals surface area contributed by atoms with Gasteiger partial charge in [-0.25, -0.2) is 0 Å². The van der Waals surface area contributed by atoms with Crippen molar-refractivity contribution in [3.05, 3.63) is 197 Å². The fourth-order valence-corrected chi connectivity index (χ4v) is 9.07. The SMILES string of the molecule is Cc1ccc(O)c(Cc2cc(C)cc(Cc3cc(C)c(Oc4c(C)cc(Cc5cc(C)cc(Cc6cc(C)cc(Cc7cc(C)c(O)c(C)c7)c6O)c5O)cc4C)cc3O)c2O)c1. The third-order valence-electron chi connectivity index (χ3n) is 12.1. The minimum atomic E-state index is 0.0600. The van der Waals surface area contributed by atoms with Gasteiger partial charge in [-0.1, -0.05) is 95.1 Å². The third kappa shape index (κ3) is 9.79. The molecule has 7 nitrogen and oxygen atoms in total. The molecule has 0 aliphatic carbocycles. The normalized spacial score (nSPS) is 11.3. The first kappa shape index (κ1) is 44.2. The Morgan fingerprint density at radius 1 is 0.317 bits per heavy atom. The number of aromatic hydroxyl groups is 6. The fraction of sp³-hybridized carbons (Fsp3) is 0.250. The quantitative estimate of drug-likeness (QED) is 0.0722. The van der Waals surface area contributed by atoms with Crippen molar-refractivity contribution in [2.75, 3.05) is 0 Å². The third-order valence-corrected chi connectivity index (χ3v) is 12.1. The highest BCUT2D eigenvalue weighted by Gasteiger charge is 2.19. The van der Waals surface area contributed by atoms with Crippen LogP contribution in [0.25, 0.3) is 0 Å². The summed E-state index contributed by atoms with van der Waals surface area (Å²) in [6.45, 7) is 17.6. The second-order valence-corrected chi connectivity index (χ2v) is 17.8. The van der Waals surface area contributed by atoms with Gasteiger partial charge in [0.1, 0.15) is 46.0 Å². The summed E-state index contributed by atoms with van der Waals surface area (Å²) >= 11 is 0. The maximum Gasteiger partial charge on any atom is 0.134 e. The first-order valence-corrected chi connectivity index (χ1v) is 21.5. The summed E-state index contributed by atoms with van der Waals surface area (Å²) in [6, 6.07) is 28.8. The topological polar surface area (TPSA) is 131 Å². The summed E-state index contributed by atoms with van der Waals surface area (Å²) in [5, 5.41) is 66.6. The lowest BCUT2D eigenvalue weighted by Crippen LogP contribution is -2.01. The van der Waals surface area contributed by atoms with E-state index in [4.69, 9.17) is 4.74 Å². The monoisotopic (exact) mass is 842 g/mol. The second-order valence-electron chi connectivity index (χ2n) is 17.8. The Morgan fingerprint density at radius 3 is 1.13 bits per heavy atom. The molecule has 7 aromatic rings. The molecule has 0 fully saturated rings. The average Bonchev–Trinajstić information content (AvgIpc) is 3.20. The molecular weight excluding hydrogens is 785 g/mol. The van der Waals surface area contributed by atoms with E-state index in [0.29, 0.717) is 60.3 Å². The Bertz CT molecular complexity index is 2860. The highest BCUT2D eigenvalue weighted by atomic mass is 16.5. The van der Waals surface area contributed by atoms with E-state index in [1.165, 1.54) is 0 Å². The minimum Gasteiger partial charge on any atom is -0.508 e. The zero-order valence-corrected chi connectivity index (χ0v) is 37.8. The van der Waals surface area contributed by atoms with Crippen molar-refractivity contribution >= 4 is 0 Å². The smallest absolute Gasteiger partial charge is 0.134 e. The molecule has 63 heavy (non-hydrogen) atoms. The lowest BCUT2D eigenvalue weighted by Gasteiger charge is -2.18. The van der Waals surface area contributed by atoms with E-state index < -0.39 is 0 Å². The number of benzene rings is 7. The molecule has 0 atom stereocenters. The first-order chi connectivity index (χ1) is 29.8. The van der Waals surface area contributed by atoms with Gasteiger partial charge in [0.25, 0.3) is 0 Å². The molecule has 7 aromatic carbocycles. The molecule has 0 aliphatic rings. The van der Waals surface area contributed by atoms with Crippen LogP contribution in [0.2, 0.25) is 0 Å². The van der Waals surface area contributed by atoms with Crippen molar-refractivity contribution in [2.45, 2.75) is 94.4 Å². The second kappa shape index (κ2) is 17.9. The van der Waals surface area contributed by atoms with Gasteiger partial charge in [-0.3, -0.25) is 0 Å². The van der Waals surface area contributed by atoms with Crippen molar-refractivity contribution < 1.29 is 35.4 Å². The molecule has 0 aromatic heterocycles. The molecule has 324 valence electrons. The van der Waals surface area contributed by atoms with Crippen molar-refractivity contribution in [1.29, 1.82) is 0 Å². The van der Waals surface area contributed by atoms with Crippen LogP contribution in [0.3, 0.4) is 0 Å².